The number of hydrogen-bond acceptors (Lipinski definition) is 5. The van der Waals surface area contributed by atoms with Crippen molar-refractivity contribution in [2.45, 2.75) is 39.7 Å². The van der Waals surface area contributed by atoms with Crippen molar-refractivity contribution in [3.05, 3.63) is 35.2 Å². The van der Waals surface area contributed by atoms with Crippen LogP contribution in [0.4, 0.5) is 0 Å². The van der Waals surface area contributed by atoms with Crippen LogP contribution in [0.15, 0.2) is 12.3 Å². The highest BCUT2D eigenvalue weighted by atomic mass is 16.2. The van der Waals surface area contributed by atoms with E-state index >= 15 is 0 Å². The molecule has 4 heterocycles. The number of aryl methyl sites for hydroxylation is 3. The van der Waals surface area contributed by atoms with Gasteiger partial charge in [0.05, 0.1) is 11.6 Å². The monoisotopic (exact) mass is 339 g/mol. The average molecular weight is 339 g/mol. The molecule has 0 radical (unpaired) electrons. The Kier molecular flexibility index (Phi) is 3.74. The van der Waals surface area contributed by atoms with Crippen LogP contribution in [-0.2, 0) is 0 Å². The van der Waals surface area contributed by atoms with Gasteiger partial charge in [-0.3, -0.25) is 9.89 Å². The lowest BCUT2D eigenvalue weighted by Crippen LogP contribution is -2.41. The summed E-state index contributed by atoms with van der Waals surface area (Å²) in [6.07, 6.45) is 3.57. The van der Waals surface area contributed by atoms with Gasteiger partial charge in [0.1, 0.15) is 11.6 Å². The van der Waals surface area contributed by atoms with Crippen molar-refractivity contribution < 1.29 is 4.79 Å². The maximum Gasteiger partial charge on any atom is 0.255 e. The fourth-order valence-electron chi connectivity index (χ4n) is 3.54. The lowest BCUT2D eigenvalue weighted by Gasteiger charge is -2.33. The van der Waals surface area contributed by atoms with Crippen LogP contribution < -0.4 is 0 Å². The molecule has 1 aliphatic heterocycles. The van der Waals surface area contributed by atoms with E-state index in [1.165, 1.54) is 0 Å². The molecule has 3 aromatic rings. The molecule has 8 heteroatoms. The topological polar surface area (TPSA) is 92.6 Å². The van der Waals surface area contributed by atoms with Gasteiger partial charge in [-0.25, -0.2) is 14.6 Å². The van der Waals surface area contributed by atoms with Crippen molar-refractivity contribution in [3.8, 4) is 0 Å². The number of nitrogens with one attached hydrogen (secondary N) is 1. The largest absolute Gasteiger partial charge is 0.336 e. The van der Waals surface area contributed by atoms with Gasteiger partial charge in [-0.05, 0) is 39.7 Å². The molecule has 1 amide bonds. The van der Waals surface area contributed by atoms with Gasteiger partial charge in [0.15, 0.2) is 5.65 Å². The van der Waals surface area contributed by atoms with Gasteiger partial charge in [0, 0.05) is 30.4 Å². The second-order valence-electron chi connectivity index (χ2n) is 6.64. The summed E-state index contributed by atoms with van der Waals surface area (Å²) in [6, 6.07) is 2.05. The fraction of sp³-hybridized carbons (Fsp3) is 0.471. The molecule has 0 unspecified atom stereocenters. The maximum absolute atomic E-state index is 13.0. The van der Waals surface area contributed by atoms with Gasteiger partial charge in [-0.2, -0.15) is 10.2 Å². The molecule has 130 valence electrons. The predicted octanol–water partition coefficient (Wildman–Crippen LogP) is 1.95. The van der Waals surface area contributed by atoms with Crippen LogP contribution in [0.5, 0.6) is 0 Å². The van der Waals surface area contributed by atoms with E-state index in [0.29, 0.717) is 17.8 Å². The number of piperidine rings is 1. The lowest BCUT2D eigenvalue weighted by molar-refractivity contribution is 0.0671. The van der Waals surface area contributed by atoms with Crippen LogP contribution >= 0.6 is 0 Å². The Hall–Kier alpha value is -2.77. The summed E-state index contributed by atoms with van der Waals surface area (Å²) in [4.78, 5) is 23.5. The molecule has 4 rings (SSSR count). The molecule has 0 aromatic carbocycles. The van der Waals surface area contributed by atoms with E-state index in [9.17, 15) is 4.79 Å². The quantitative estimate of drug-likeness (QED) is 0.770. The van der Waals surface area contributed by atoms with Gasteiger partial charge in [0.2, 0.25) is 0 Å². The molecule has 0 spiro atoms. The second-order valence-corrected chi connectivity index (χ2v) is 6.64. The summed E-state index contributed by atoms with van der Waals surface area (Å²) in [5.41, 5.74) is 2.16. The number of amides is 1. The zero-order valence-corrected chi connectivity index (χ0v) is 14.7. The molecule has 0 saturated carbocycles. The van der Waals surface area contributed by atoms with E-state index in [1.54, 1.807) is 6.20 Å². The van der Waals surface area contributed by atoms with Gasteiger partial charge in [0.25, 0.3) is 5.91 Å². The Labute approximate surface area is 145 Å². The molecular formula is C17H21N7O. The molecule has 0 bridgehead atoms. The van der Waals surface area contributed by atoms with Crippen molar-refractivity contribution in [1.29, 1.82) is 0 Å². The van der Waals surface area contributed by atoms with Gasteiger partial charge >= 0.3 is 0 Å². The summed E-state index contributed by atoms with van der Waals surface area (Å²) in [5.74, 6) is 1.68. The first-order chi connectivity index (χ1) is 12.0. The number of aromatic amines is 1. The average Bonchev–Trinajstić information content (AvgIpc) is 3.16. The van der Waals surface area contributed by atoms with E-state index in [-0.39, 0.29) is 11.9 Å². The van der Waals surface area contributed by atoms with Crippen LogP contribution in [0.2, 0.25) is 0 Å². The van der Waals surface area contributed by atoms with Crippen molar-refractivity contribution in [3.63, 3.8) is 0 Å². The minimum Gasteiger partial charge on any atom is -0.336 e. The first kappa shape index (κ1) is 15.7. The molecule has 1 N–H and O–H groups in total. The van der Waals surface area contributed by atoms with Crippen LogP contribution in [-0.4, -0.2) is 53.8 Å². The summed E-state index contributed by atoms with van der Waals surface area (Å²) in [6.45, 7) is 7.18. The predicted molar refractivity (Wildman–Crippen MR) is 92.3 cm³/mol. The number of nitrogens with zero attached hydrogens (tertiary/aromatic N) is 6. The maximum atomic E-state index is 13.0. The first-order valence-electron chi connectivity index (χ1n) is 8.52. The smallest absolute Gasteiger partial charge is 0.255 e. The number of likely N-dealkylation sites (tertiary alicyclic amines) is 1. The van der Waals surface area contributed by atoms with Crippen molar-refractivity contribution in [2.75, 3.05) is 13.1 Å². The zero-order chi connectivity index (χ0) is 17.6. The van der Waals surface area contributed by atoms with Crippen LogP contribution in [0, 0.1) is 20.8 Å². The number of fused-ring (bicyclic) bond motifs is 1. The summed E-state index contributed by atoms with van der Waals surface area (Å²) < 4.78 is 1.95. The third kappa shape index (κ3) is 2.77. The van der Waals surface area contributed by atoms with E-state index in [4.69, 9.17) is 0 Å². The van der Waals surface area contributed by atoms with Gasteiger partial charge < -0.3 is 4.90 Å². The standard InChI is InChI=1S/C17H21N7O/c1-10-15-7-13(8-18-16(15)21-20-10)17(25)23-6-4-5-14(9-23)24-12(3)19-11(2)22-24/h7-8,14H,4-6,9H2,1-3H3,(H,18,20,21)/t14-/m1/s1. The van der Waals surface area contributed by atoms with Crippen LogP contribution in [0.1, 0.15) is 46.6 Å². The molecule has 1 atom stereocenters. The Morgan fingerprint density at radius 2 is 2.16 bits per heavy atom. The fourth-order valence-corrected chi connectivity index (χ4v) is 3.54. The van der Waals surface area contributed by atoms with Gasteiger partial charge in [-0.15, -0.1) is 0 Å². The van der Waals surface area contributed by atoms with Gasteiger partial charge in [-0.1, -0.05) is 0 Å². The minimum absolute atomic E-state index is 0.00851. The van der Waals surface area contributed by atoms with E-state index in [1.807, 2.05) is 36.4 Å². The number of carbonyl (C=O) groups is 1. The number of hydrogen-bond donors (Lipinski definition) is 1. The molecule has 1 aliphatic rings. The molecule has 25 heavy (non-hydrogen) atoms. The van der Waals surface area contributed by atoms with Crippen molar-refractivity contribution in [1.82, 2.24) is 34.8 Å². The Bertz CT molecular complexity index is 942. The SMILES string of the molecule is Cc1nc(C)n([C@@H]2CCCN(C(=O)c3cnc4n[nH]c(C)c4c3)C2)n1. The van der Waals surface area contributed by atoms with E-state index < -0.39 is 0 Å². The number of pyridine rings is 1. The molecule has 0 aliphatic carbocycles. The first-order valence-corrected chi connectivity index (χ1v) is 8.52. The van der Waals surface area contributed by atoms with E-state index in [0.717, 1.165) is 42.1 Å². The Morgan fingerprint density at radius 1 is 1.32 bits per heavy atom. The minimum atomic E-state index is 0.00851. The molecule has 8 nitrogen and oxygen atoms in total. The summed E-state index contributed by atoms with van der Waals surface area (Å²) >= 11 is 0. The molecule has 1 saturated heterocycles. The van der Waals surface area contributed by atoms with E-state index in [2.05, 4.69) is 25.3 Å². The molecule has 3 aromatic heterocycles. The normalized spacial score (nSPS) is 18.0. The Balaban J connectivity index is 1.58. The zero-order valence-electron chi connectivity index (χ0n) is 14.7. The van der Waals surface area contributed by atoms with Crippen LogP contribution in [0.3, 0.4) is 0 Å². The highest BCUT2D eigenvalue weighted by Gasteiger charge is 2.27. The lowest BCUT2D eigenvalue weighted by atomic mass is 10.0. The number of aromatic nitrogens is 6. The highest BCUT2D eigenvalue weighted by Crippen LogP contribution is 2.24. The number of H-pyrrole nitrogens is 1. The molecule has 1 fully saturated rings. The third-order valence-electron chi connectivity index (χ3n) is 4.78. The van der Waals surface area contributed by atoms with Crippen LogP contribution in [0.25, 0.3) is 11.0 Å². The summed E-state index contributed by atoms with van der Waals surface area (Å²) in [5, 5.41) is 12.4. The Morgan fingerprint density at radius 3 is 2.92 bits per heavy atom. The van der Waals surface area contributed by atoms with Crippen molar-refractivity contribution in [2.24, 2.45) is 0 Å². The van der Waals surface area contributed by atoms with Crippen molar-refractivity contribution >= 4 is 16.9 Å². The number of rotatable bonds is 2. The highest BCUT2D eigenvalue weighted by molar-refractivity contribution is 5.97. The molecular weight excluding hydrogens is 318 g/mol. The second kappa shape index (κ2) is 5.94. The number of carbonyl (C=O) groups excluding carboxylic acids is 1. The summed E-state index contributed by atoms with van der Waals surface area (Å²) in [7, 11) is 0. The third-order valence-corrected chi connectivity index (χ3v) is 4.78.